The van der Waals surface area contributed by atoms with Gasteiger partial charge in [0.2, 0.25) is 0 Å². The van der Waals surface area contributed by atoms with Gasteiger partial charge in [-0.1, -0.05) is 15.9 Å². The van der Waals surface area contributed by atoms with Gasteiger partial charge in [-0.15, -0.1) is 0 Å². The maximum atomic E-state index is 11.1. The molecule has 0 unspecified atom stereocenters. The van der Waals surface area contributed by atoms with Gasteiger partial charge in [0, 0.05) is 10.2 Å². The lowest BCUT2D eigenvalue weighted by Crippen LogP contribution is -2.01. The van der Waals surface area contributed by atoms with E-state index < -0.39 is 5.97 Å². The van der Waals surface area contributed by atoms with E-state index in [9.17, 15) is 4.79 Å². The van der Waals surface area contributed by atoms with Crippen LogP contribution in [0.15, 0.2) is 40.9 Å². The Morgan fingerprint density at radius 1 is 1.26 bits per heavy atom. The molecule has 5 heteroatoms. The molecule has 0 aliphatic rings. The molecule has 0 saturated carbocycles. The molecule has 0 atom stereocenters. The number of benzene rings is 2. The number of carboxylic acid groups (broad SMARTS) is 1. The van der Waals surface area contributed by atoms with Crippen LogP contribution >= 0.6 is 15.9 Å². The zero-order chi connectivity index (χ0) is 14.0. The molecule has 2 aromatic rings. The molecule has 2 aromatic carbocycles. The van der Waals surface area contributed by atoms with Crippen LogP contribution < -0.4 is 10.5 Å². The number of ether oxygens (including phenoxy) is 1. The van der Waals surface area contributed by atoms with Crippen molar-refractivity contribution in [3.8, 4) is 11.5 Å². The van der Waals surface area contributed by atoms with Gasteiger partial charge in [-0.3, -0.25) is 0 Å². The highest BCUT2D eigenvalue weighted by Gasteiger charge is 2.12. The SMILES string of the molecule is Cc1cc(Oc2ccc(N)cc2C(=O)O)ccc1Br. The van der Waals surface area contributed by atoms with Gasteiger partial charge in [0.15, 0.2) is 0 Å². The summed E-state index contributed by atoms with van der Waals surface area (Å²) >= 11 is 3.40. The molecule has 0 spiro atoms. The van der Waals surface area contributed by atoms with Crippen LogP contribution in [-0.4, -0.2) is 11.1 Å². The number of hydrogen-bond donors (Lipinski definition) is 2. The largest absolute Gasteiger partial charge is 0.478 e. The molecule has 98 valence electrons. The van der Waals surface area contributed by atoms with Crippen LogP contribution in [-0.2, 0) is 0 Å². The molecule has 0 bridgehead atoms. The number of halogens is 1. The van der Waals surface area contributed by atoms with Gasteiger partial charge >= 0.3 is 5.97 Å². The van der Waals surface area contributed by atoms with Crippen molar-refractivity contribution in [1.29, 1.82) is 0 Å². The summed E-state index contributed by atoms with van der Waals surface area (Å²) in [7, 11) is 0. The molecule has 2 rings (SSSR count). The predicted octanol–water partition coefficient (Wildman–Crippen LogP) is 3.83. The fourth-order valence-electron chi connectivity index (χ4n) is 1.61. The summed E-state index contributed by atoms with van der Waals surface area (Å²) in [5.74, 6) is -0.229. The van der Waals surface area contributed by atoms with Crippen LogP contribution in [0, 0.1) is 6.92 Å². The average molecular weight is 322 g/mol. The normalized spacial score (nSPS) is 10.2. The fourth-order valence-corrected chi connectivity index (χ4v) is 1.86. The summed E-state index contributed by atoms with van der Waals surface area (Å²) in [5.41, 5.74) is 7.01. The molecule has 0 amide bonds. The minimum atomic E-state index is -1.07. The van der Waals surface area contributed by atoms with Crippen LogP contribution in [0.4, 0.5) is 5.69 Å². The molecule has 0 fully saturated rings. The Morgan fingerprint density at radius 2 is 2.00 bits per heavy atom. The number of aromatic carboxylic acids is 1. The third kappa shape index (κ3) is 3.06. The van der Waals surface area contributed by atoms with E-state index in [1.165, 1.54) is 6.07 Å². The maximum absolute atomic E-state index is 11.1. The number of carboxylic acids is 1. The topological polar surface area (TPSA) is 72.5 Å². The second-order valence-corrected chi connectivity index (χ2v) is 4.93. The van der Waals surface area contributed by atoms with E-state index in [1.807, 2.05) is 19.1 Å². The number of nitrogen functional groups attached to an aromatic ring is 1. The highest BCUT2D eigenvalue weighted by Crippen LogP contribution is 2.29. The Hall–Kier alpha value is -2.01. The van der Waals surface area contributed by atoms with E-state index in [2.05, 4.69) is 15.9 Å². The Labute approximate surface area is 118 Å². The number of rotatable bonds is 3. The van der Waals surface area contributed by atoms with Crippen molar-refractivity contribution in [3.05, 3.63) is 52.0 Å². The lowest BCUT2D eigenvalue weighted by Gasteiger charge is -2.10. The lowest BCUT2D eigenvalue weighted by atomic mass is 10.1. The summed E-state index contributed by atoms with van der Waals surface area (Å²) < 4.78 is 6.57. The fraction of sp³-hybridized carbons (Fsp3) is 0.0714. The second-order valence-electron chi connectivity index (χ2n) is 4.07. The van der Waals surface area contributed by atoms with Crippen LogP contribution in [0.2, 0.25) is 0 Å². The first kappa shape index (κ1) is 13.4. The smallest absolute Gasteiger partial charge is 0.339 e. The average Bonchev–Trinajstić information content (AvgIpc) is 2.36. The van der Waals surface area contributed by atoms with E-state index in [0.717, 1.165) is 10.0 Å². The minimum Gasteiger partial charge on any atom is -0.478 e. The summed E-state index contributed by atoms with van der Waals surface area (Å²) in [6.07, 6.45) is 0. The molecule has 4 nitrogen and oxygen atoms in total. The van der Waals surface area contributed by atoms with Crippen LogP contribution in [0.1, 0.15) is 15.9 Å². The second kappa shape index (κ2) is 5.32. The molecule has 3 N–H and O–H groups in total. The molecule has 0 aromatic heterocycles. The first-order valence-electron chi connectivity index (χ1n) is 5.54. The van der Waals surface area contributed by atoms with Gasteiger partial charge in [0.1, 0.15) is 17.1 Å². The van der Waals surface area contributed by atoms with Crippen LogP contribution in [0.5, 0.6) is 11.5 Å². The monoisotopic (exact) mass is 321 g/mol. The van der Waals surface area contributed by atoms with E-state index in [1.54, 1.807) is 18.2 Å². The van der Waals surface area contributed by atoms with Gasteiger partial charge in [-0.2, -0.15) is 0 Å². The van der Waals surface area contributed by atoms with E-state index >= 15 is 0 Å². The summed E-state index contributed by atoms with van der Waals surface area (Å²) in [6.45, 7) is 1.93. The Balaban J connectivity index is 2.37. The molecular weight excluding hydrogens is 310 g/mol. The number of anilines is 1. The van der Waals surface area contributed by atoms with Crippen molar-refractivity contribution >= 4 is 27.6 Å². The summed E-state index contributed by atoms with van der Waals surface area (Å²) in [6, 6.07) is 9.97. The van der Waals surface area contributed by atoms with Crippen LogP contribution in [0.25, 0.3) is 0 Å². The zero-order valence-corrected chi connectivity index (χ0v) is 11.8. The number of hydrogen-bond acceptors (Lipinski definition) is 3. The van der Waals surface area contributed by atoms with Crippen LogP contribution in [0.3, 0.4) is 0 Å². The zero-order valence-electron chi connectivity index (χ0n) is 10.2. The standard InChI is InChI=1S/C14H12BrNO3/c1-8-6-10(3-4-12(8)15)19-13-5-2-9(16)7-11(13)14(17)18/h2-7H,16H2,1H3,(H,17,18). The van der Waals surface area contributed by atoms with Gasteiger partial charge in [0.05, 0.1) is 0 Å². The number of carbonyl (C=O) groups is 1. The Morgan fingerprint density at radius 3 is 2.63 bits per heavy atom. The molecule has 0 aliphatic carbocycles. The van der Waals surface area contributed by atoms with Crippen molar-refractivity contribution in [3.63, 3.8) is 0 Å². The van der Waals surface area contributed by atoms with Crippen molar-refractivity contribution in [1.82, 2.24) is 0 Å². The van der Waals surface area contributed by atoms with Gasteiger partial charge in [-0.05, 0) is 48.9 Å². The molecular formula is C14H12BrNO3. The van der Waals surface area contributed by atoms with E-state index in [-0.39, 0.29) is 11.3 Å². The number of nitrogens with two attached hydrogens (primary N) is 1. The summed E-state index contributed by atoms with van der Waals surface area (Å²) in [5, 5.41) is 9.12. The van der Waals surface area contributed by atoms with E-state index in [4.69, 9.17) is 15.6 Å². The minimum absolute atomic E-state index is 0.0422. The van der Waals surface area contributed by atoms with Gasteiger partial charge < -0.3 is 15.6 Å². The third-order valence-corrected chi connectivity index (χ3v) is 3.48. The van der Waals surface area contributed by atoms with Crippen molar-refractivity contribution in [2.45, 2.75) is 6.92 Å². The molecule has 0 aliphatic heterocycles. The number of aryl methyl sites for hydroxylation is 1. The van der Waals surface area contributed by atoms with Crippen molar-refractivity contribution in [2.24, 2.45) is 0 Å². The molecule has 0 radical (unpaired) electrons. The molecule has 19 heavy (non-hydrogen) atoms. The van der Waals surface area contributed by atoms with E-state index in [0.29, 0.717) is 11.4 Å². The quantitative estimate of drug-likeness (QED) is 0.843. The first-order valence-corrected chi connectivity index (χ1v) is 6.33. The Kier molecular flexibility index (Phi) is 3.76. The predicted molar refractivity (Wildman–Crippen MR) is 76.8 cm³/mol. The highest BCUT2D eigenvalue weighted by atomic mass is 79.9. The molecule has 0 saturated heterocycles. The maximum Gasteiger partial charge on any atom is 0.339 e. The van der Waals surface area contributed by atoms with Crippen molar-refractivity contribution in [2.75, 3.05) is 5.73 Å². The molecule has 0 heterocycles. The first-order chi connectivity index (χ1) is 8.97. The van der Waals surface area contributed by atoms with Gasteiger partial charge in [0.25, 0.3) is 0 Å². The third-order valence-electron chi connectivity index (χ3n) is 2.59. The Bertz CT molecular complexity index is 641. The van der Waals surface area contributed by atoms with Gasteiger partial charge in [-0.25, -0.2) is 4.79 Å². The summed E-state index contributed by atoms with van der Waals surface area (Å²) in [4.78, 5) is 11.1. The van der Waals surface area contributed by atoms with Crippen molar-refractivity contribution < 1.29 is 14.6 Å². The lowest BCUT2D eigenvalue weighted by molar-refractivity contribution is 0.0694. The highest BCUT2D eigenvalue weighted by molar-refractivity contribution is 9.10.